The molecule has 0 saturated carbocycles. The van der Waals surface area contributed by atoms with Crippen LogP contribution in [0.4, 0.5) is 0 Å². The molecule has 26 heavy (non-hydrogen) atoms. The molecule has 7 nitrogen and oxygen atoms in total. The second-order valence-electron chi connectivity index (χ2n) is 5.85. The van der Waals surface area contributed by atoms with Crippen LogP contribution in [-0.2, 0) is 18.5 Å². The standard InChI is InChI=1S/C18H18ClN5O2/c1-12-6-4-7-14(10-12)13(2)20-26-11-15-16(19)8-5-9-17(15)24-18(25)23(3)21-22-24/h4-10H,11H2,1-3H3. The van der Waals surface area contributed by atoms with Crippen LogP contribution in [0.15, 0.2) is 52.4 Å². The largest absolute Gasteiger partial charge is 0.391 e. The van der Waals surface area contributed by atoms with Gasteiger partial charge in [0.15, 0.2) is 0 Å². The Morgan fingerprint density at radius 2 is 2.00 bits per heavy atom. The molecule has 2 aromatic carbocycles. The number of aromatic nitrogens is 4. The normalized spacial score (nSPS) is 11.6. The summed E-state index contributed by atoms with van der Waals surface area (Å²) in [6.45, 7) is 3.99. The van der Waals surface area contributed by atoms with Crippen molar-refractivity contribution < 1.29 is 4.84 Å². The maximum Gasteiger partial charge on any atom is 0.368 e. The Balaban J connectivity index is 1.85. The molecule has 8 heteroatoms. The summed E-state index contributed by atoms with van der Waals surface area (Å²) >= 11 is 6.29. The number of tetrazole rings is 1. The van der Waals surface area contributed by atoms with Crippen molar-refractivity contribution in [1.29, 1.82) is 0 Å². The summed E-state index contributed by atoms with van der Waals surface area (Å²) in [6.07, 6.45) is 0. The monoisotopic (exact) mass is 371 g/mol. The van der Waals surface area contributed by atoms with Crippen molar-refractivity contribution in [2.75, 3.05) is 0 Å². The van der Waals surface area contributed by atoms with Gasteiger partial charge in [0.2, 0.25) is 0 Å². The summed E-state index contributed by atoms with van der Waals surface area (Å²) in [5.74, 6) is 0. The van der Waals surface area contributed by atoms with Crippen LogP contribution in [0.25, 0.3) is 5.69 Å². The molecule has 0 atom stereocenters. The average molecular weight is 372 g/mol. The third-order valence-corrected chi connectivity index (χ3v) is 4.24. The summed E-state index contributed by atoms with van der Waals surface area (Å²) in [7, 11) is 1.53. The van der Waals surface area contributed by atoms with E-state index in [2.05, 4.69) is 15.6 Å². The van der Waals surface area contributed by atoms with Gasteiger partial charge in [-0.1, -0.05) is 52.7 Å². The van der Waals surface area contributed by atoms with Crippen molar-refractivity contribution in [3.63, 3.8) is 0 Å². The van der Waals surface area contributed by atoms with Gasteiger partial charge in [0.05, 0.1) is 11.4 Å². The molecule has 0 aliphatic carbocycles. The number of hydrogen-bond donors (Lipinski definition) is 0. The Hall–Kier alpha value is -2.93. The molecule has 0 N–H and O–H groups in total. The first-order chi connectivity index (χ1) is 12.5. The van der Waals surface area contributed by atoms with E-state index in [4.69, 9.17) is 16.4 Å². The highest BCUT2D eigenvalue weighted by Gasteiger charge is 2.14. The smallest absolute Gasteiger partial charge is 0.368 e. The summed E-state index contributed by atoms with van der Waals surface area (Å²) in [6, 6.07) is 13.2. The van der Waals surface area contributed by atoms with Gasteiger partial charge in [0.1, 0.15) is 6.61 Å². The Labute approximate surface area is 155 Å². The molecule has 0 radical (unpaired) electrons. The van der Waals surface area contributed by atoms with E-state index in [0.29, 0.717) is 16.3 Å². The molecule has 0 unspecified atom stereocenters. The van der Waals surface area contributed by atoms with Crippen LogP contribution < -0.4 is 5.69 Å². The van der Waals surface area contributed by atoms with Crippen molar-refractivity contribution >= 4 is 17.3 Å². The fourth-order valence-electron chi connectivity index (χ4n) is 2.47. The number of benzene rings is 2. The van der Waals surface area contributed by atoms with Crippen molar-refractivity contribution in [1.82, 2.24) is 19.8 Å². The summed E-state index contributed by atoms with van der Waals surface area (Å²) in [5, 5.41) is 12.2. The highest BCUT2D eigenvalue weighted by atomic mass is 35.5. The quantitative estimate of drug-likeness (QED) is 0.510. The maximum atomic E-state index is 12.1. The van der Waals surface area contributed by atoms with E-state index in [-0.39, 0.29) is 12.3 Å². The topological polar surface area (TPSA) is 74.3 Å². The van der Waals surface area contributed by atoms with Crippen LogP contribution >= 0.6 is 11.6 Å². The van der Waals surface area contributed by atoms with Gasteiger partial charge in [-0.05, 0) is 42.0 Å². The molecule has 3 aromatic rings. The Morgan fingerprint density at radius 3 is 2.69 bits per heavy atom. The van der Waals surface area contributed by atoms with Crippen molar-refractivity contribution in [2.24, 2.45) is 12.2 Å². The second kappa shape index (κ2) is 7.53. The number of halogens is 1. The Bertz CT molecular complexity index is 1020. The van der Waals surface area contributed by atoms with Crippen LogP contribution in [-0.4, -0.2) is 25.5 Å². The first-order valence-electron chi connectivity index (χ1n) is 7.97. The van der Waals surface area contributed by atoms with Gasteiger partial charge >= 0.3 is 5.69 Å². The van der Waals surface area contributed by atoms with E-state index in [1.165, 1.54) is 11.7 Å². The van der Waals surface area contributed by atoms with E-state index >= 15 is 0 Å². The van der Waals surface area contributed by atoms with Gasteiger partial charge in [-0.2, -0.15) is 9.36 Å². The van der Waals surface area contributed by atoms with Gasteiger partial charge in [0.25, 0.3) is 0 Å². The zero-order valence-electron chi connectivity index (χ0n) is 14.7. The molecule has 0 aliphatic heterocycles. The summed E-state index contributed by atoms with van der Waals surface area (Å²) < 4.78 is 2.33. The number of rotatable bonds is 5. The van der Waals surface area contributed by atoms with Gasteiger partial charge in [-0.25, -0.2) is 4.79 Å². The molecular weight excluding hydrogens is 354 g/mol. The van der Waals surface area contributed by atoms with Crippen LogP contribution in [0, 0.1) is 6.92 Å². The number of oxime groups is 1. The van der Waals surface area contributed by atoms with E-state index < -0.39 is 0 Å². The van der Waals surface area contributed by atoms with E-state index in [0.717, 1.165) is 21.5 Å². The maximum absolute atomic E-state index is 12.1. The lowest BCUT2D eigenvalue weighted by molar-refractivity contribution is 0.130. The van der Waals surface area contributed by atoms with E-state index in [1.54, 1.807) is 18.2 Å². The van der Waals surface area contributed by atoms with Crippen molar-refractivity contribution in [3.8, 4) is 5.69 Å². The molecule has 3 rings (SSSR count). The molecule has 0 fully saturated rings. The predicted octanol–water partition coefficient (Wildman–Crippen LogP) is 2.87. The van der Waals surface area contributed by atoms with Crippen LogP contribution in [0.1, 0.15) is 23.6 Å². The molecule has 0 spiro atoms. The van der Waals surface area contributed by atoms with Crippen LogP contribution in [0.2, 0.25) is 5.02 Å². The lowest BCUT2D eigenvalue weighted by Crippen LogP contribution is -2.23. The zero-order valence-corrected chi connectivity index (χ0v) is 15.4. The highest BCUT2D eigenvalue weighted by molar-refractivity contribution is 6.31. The minimum absolute atomic E-state index is 0.0984. The minimum Gasteiger partial charge on any atom is -0.391 e. The average Bonchev–Trinajstić information content (AvgIpc) is 2.95. The predicted molar refractivity (Wildman–Crippen MR) is 99.8 cm³/mol. The van der Waals surface area contributed by atoms with Gasteiger partial charge in [0, 0.05) is 17.6 Å². The third-order valence-electron chi connectivity index (χ3n) is 3.89. The van der Waals surface area contributed by atoms with Crippen LogP contribution in [0.3, 0.4) is 0 Å². The highest BCUT2D eigenvalue weighted by Crippen LogP contribution is 2.23. The second-order valence-corrected chi connectivity index (χ2v) is 6.26. The van der Waals surface area contributed by atoms with Gasteiger partial charge in [-0.3, -0.25) is 0 Å². The Morgan fingerprint density at radius 1 is 1.23 bits per heavy atom. The lowest BCUT2D eigenvalue weighted by atomic mass is 10.1. The van der Waals surface area contributed by atoms with E-state index in [9.17, 15) is 4.79 Å². The number of aryl methyl sites for hydroxylation is 2. The molecular formula is C18H18ClN5O2. The molecule has 1 heterocycles. The lowest BCUT2D eigenvalue weighted by Gasteiger charge is -2.09. The fraction of sp³-hybridized carbons (Fsp3) is 0.222. The van der Waals surface area contributed by atoms with Gasteiger partial charge < -0.3 is 4.84 Å². The molecule has 0 saturated heterocycles. The summed E-state index contributed by atoms with van der Waals surface area (Å²) in [4.78, 5) is 17.6. The van der Waals surface area contributed by atoms with Crippen molar-refractivity contribution in [2.45, 2.75) is 20.5 Å². The summed E-state index contributed by atoms with van der Waals surface area (Å²) in [5.41, 5.74) is 3.63. The number of nitrogens with zero attached hydrogens (tertiary/aromatic N) is 5. The molecule has 0 bridgehead atoms. The molecule has 0 aliphatic rings. The first kappa shape index (κ1) is 17.9. The van der Waals surface area contributed by atoms with E-state index in [1.807, 2.05) is 38.1 Å². The van der Waals surface area contributed by atoms with Gasteiger partial charge in [-0.15, -0.1) is 0 Å². The first-order valence-corrected chi connectivity index (χ1v) is 8.35. The molecule has 1 aromatic heterocycles. The minimum atomic E-state index is -0.368. The van der Waals surface area contributed by atoms with Crippen molar-refractivity contribution in [3.05, 3.63) is 74.7 Å². The molecule has 134 valence electrons. The third kappa shape index (κ3) is 3.67. The Kier molecular flexibility index (Phi) is 5.18. The fourth-order valence-corrected chi connectivity index (χ4v) is 2.69. The SMILES string of the molecule is CC(=NOCc1c(Cl)cccc1-n1nnn(C)c1=O)c1cccc(C)c1. The zero-order chi connectivity index (χ0) is 18.7. The van der Waals surface area contributed by atoms with Crippen LogP contribution in [0.5, 0.6) is 0 Å². The number of hydrogen-bond acceptors (Lipinski definition) is 5. The molecule has 0 amide bonds.